The summed E-state index contributed by atoms with van der Waals surface area (Å²) in [7, 11) is 3.12. The Morgan fingerprint density at radius 3 is 1.95 bits per heavy atom. The first-order valence-corrected chi connectivity index (χ1v) is 7.62. The highest BCUT2D eigenvalue weighted by Gasteiger charge is 2.16. The molecule has 0 amide bonds. The summed E-state index contributed by atoms with van der Waals surface area (Å²) < 4.78 is 11.7. The average molecular weight is 443 g/mol. The van der Waals surface area contributed by atoms with Crippen molar-refractivity contribution in [2.75, 3.05) is 14.2 Å². The number of halogens is 4. The maximum atomic E-state index is 6.00. The molecular formula is C12H8Br2Cl2N2O2. The van der Waals surface area contributed by atoms with Crippen molar-refractivity contribution in [3.63, 3.8) is 0 Å². The Hall–Kier alpha value is -0.560. The topological polar surface area (TPSA) is 44.2 Å². The number of benzene rings is 1. The first-order chi connectivity index (χ1) is 9.47. The lowest BCUT2D eigenvalue weighted by molar-refractivity contribution is 0.355. The van der Waals surface area contributed by atoms with Gasteiger partial charge in [0.2, 0.25) is 0 Å². The van der Waals surface area contributed by atoms with Crippen LogP contribution in [0.3, 0.4) is 0 Å². The van der Waals surface area contributed by atoms with Crippen molar-refractivity contribution >= 4 is 55.1 Å². The summed E-state index contributed by atoms with van der Waals surface area (Å²) in [4.78, 5) is 8.38. The molecule has 0 aliphatic heterocycles. The molecule has 0 atom stereocenters. The third kappa shape index (κ3) is 3.03. The molecule has 106 valence electrons. The predicted octanol–water partition coefficient (Wildman–Crippen LogP) is 4.99. The predicted molar refractivity (Wildman–Crippen MR) is 86.0 cm³/mol. The number of rotatable bonds is 3. The van der Waals surface area contributed by atoms with Gasteiger partial charge in [0.25, 0.3) is 0 Å². The van der Waals surface area contributed by atoms with E-state index in [-0.39, 0.29) is 10.3 Å². The molecule has 1 aromatic heterocycles. The fraction of sp³-hybridized carbons (Fsp3) is 0.167. The highest BCUT2D eigenvalue weighted by Crippen LogP contribution is 2.39. The second-order valence-corrected chi connectivity index (χ2v) is 5.99. The largest absolute Gasteiger partial charge is 0.493 e. The van der Waals surface area contributed by atoms with E-state index >= 15 is 0 Å². The van der Waals surface area contributed by atoms with Gasteiger partial charge >= 0.3 is 0 Å². The molecule has 8 heteroatoms. The second-order valence-electron chi connectivity index (χ2n) is 3.63. The number of methoxy groups -OCH3 is 2. The van der Waals surface area contributed by atoms with E-state index in [0.717, 1.165) is 4.47 Å². The van der Waals surface area contributed by atoms with Crippen LogP contribution in [0.4, 0.5) is 0 Å². The van der Waals surface area contributed by atoms with Crippen LogP contribution in [0.2, 0.25) is 10.3 Å². The fourth-order valence-corrected chi connectivity index (χ4v) is 2.60. The number of ether oxygens (including phenoxy) is 2. The quantitative estimate of drug-likeness (QED) is 0.628. The van der Waals surface area contributed by atoms with Crippen molar-refractivity contribution < 1.29 is 9.47 Å². The molecule has 20 heavy (non-hydrogen) atoms. The molecule has 1 aromatic carbocycles. The lowest BCUT2D eigenvalue weighted by Gasteiger charge is -2.11. The zero-order chi connectivity index (χ0) is 14.9. The molecule has 0 unspecified atom stereocenters. The highest BCUT2D eigenvalue weighted by atomic mass is 79.9. The number of hydrogen-bond donors (Lipinski definition) is 0. The van der Waals surface area contributed by atoms with Gasteiger partial charge in [-0.15, -0.1) is 0 Å². The lowest BCUT2D eigenvalue weighted by atomic mass is 10.2. The Balaban J connectivity index is 2.63. The van der Waals surface area contributed by atoms with Gasteiger partial charge in [0.05, 0.1) is 18.7 Å². The van der Waals surface area contributed by atoms with Crippen LogP contribution in [0.5, 0.6) is 11.5 Å². The van der Waals surface area contributed by atoms with Crippen LogP contribution in [0.1, 0.15) is 0 Å². The zero-order valence-electron chi connectivity index (χ0n) is 10.4. The van der Waals surface area contributed by atoms with Crippen LogP contribution >= 0.6 is 55.1 Å². The molecule has 4 nitrogen and oxygen atoms in total. The summed E-state index contributed by atoms with van der Waals surface area (Å²) >= 11 is 18.7. The van der Waals surface area contributed by atoms with E-state index in [0.29, 0.717) is 27.4 Å². The molecule has 0 bridgehead atoms. The highest BCUT2D eigenvalue weighted by molar-refractivity contribution is 9.11. The molecule has 0 radical (unpaired) electrons. The fourth-order valence-electron chi connectivity index (χ4n) is 1.54. The third-order valence-electron chi connectivity index (χ3n) is 2.48. The summed E-state index contributed by atoms with van der Waals surface area (Å²) in [5, 5.41) is 0.475. The second kappa shape index (κ2) is 6.47. The lowest BCUT2D eigenvalue weighted by Crippen LogP contribution is -1.96. The van der Waals surface area contributed by atoms with Crippen molar-refractivity contribution in [2.24, 2.45) is 0 Å². The summed E-state index contributed by atoms with van der Waals surface area (Å²) in [6.07, 6.45) is 0. The van der Waals surface area contributed by atoms with Gasteiger partial charge in [-0.2, -0.15) is 0 Å². The van der Waals surface area contributed by atoms with E-state index in [4.69, 9.17) is 32.7 Å². The first-order valence-electron chi connectivity index (χ1n) is 5.28. The molecule has 0 saturated carbocycles. The summed E-state index contributed by atoms with van der Waals surface area (Å²) in [6.45, 7) is 0. The summed E-state index contributed by atoms with van der Waals surface area (Å²) in [5.41, 5.74) is 0.693. The molecule has 1 heterocycles. The monoisotopic (exact) mass is 440 g/mol. The minimum Gasteiger partial charge on any atom is -0.493 e. The van der Waals surface area contributed by atoms with Crippen LogP contribution in [0.25, 0.3) is 11.4 Å². The normalized spacial score (nSPS) is 10.5. The van der Waals surface area contributed by atoms with E-state index in [2.05, 4.69) is 41.8 Å². The van der Waals surface area contributed by atoms with E-state index in [1.165, 1.54) is 0 Å². The maximum Gasteiger partial charge on any atom is 0.163 e. The Morgan fingerprint density at radius 2 is 1.45 bits per heavy atom. The summed E-state index contributed by atoms with van der Waals surface area (Å²) in [5.74, 6) is 1.54. The molecule has 2 rings (SSSR count). The van der Waals surface area contributed by atoms with Gasteiger partial charge in [-0.25, -0.2) is 9.97 Å². The van der Waals surface area contributed by atoms with Crippen molar-refractivity contribution in [3.05, 3.63) is 31.4 Å². The Bertz CT molecular complexity index is 645. The Kier molecular flexibility index (Phi) is 5.12. The first kappa shape index (κ1) is 15.8. The van der Waals surface area contributed by atoms with E-state index in [1.807, 2.05) is 0 Å². The number of nitrogens with zero attached hydrogens (tertiary/aromatic N) is 2. The van der Waals surface area contributed by atoms with Crippen molar-refractivity contribution in [1.29, 1.82) is 0 Å². The van der Waals surface area contributed by atoms with E-state index in [1.54, 1.807) is 26.4 Å². The van der Waals surface area contributed by atoms with Crippen LogP contribution in [0.15, 0.2) is 21.1 Å². The van der Waals surface area contributed by atoms with Crippen LogP contribution < -0.4 is 9.47 Å². The smallest absolute Gasteiger partial charge is 0.163 e. The van der Waals surface area contributed by atoms with Gasteiger partial charge in [0.1, 0.15) is 10.3 Å². The molecule has 0 aliphatic carbocycles. The van der Waals surface area contributed by atoms with Gasteiger partial charge in [-0.1, -0.05) is 23.2 Å². The standard InChI is InChI=1S/C12H8Br2Cl2N2O2/c1-19-7-3-5(6(13)4-8(7)20-2)12-17-10(15)9(14)11(16)18-12/h3-4H,1-2H3. The van der Waals surface area contributed by atoms with Gasteiger partial charge < -0.3 is 9.47 Å². The molecule has 0 aliphatic rings. The Labute approximate surface area is 142 Å². The van der Waals surface area contributed by atoms with Gasteiger partial charge in [0, 0.05) is 10.0 Å². The minimum atomic E-state index is 0.238. The van der Waals surface area contributed by atoms with Crippen LogP contribution in [-0.2, 0) is 0 Å². The molecular weight excluding hydrogens is 435 g/mol. The summed E-state index contributed by atoms with van der Waals surface area (Å²) in [6, 6.07) is 3.51. The third-order valence-corrected chi connectivity index (χ3v) is 4.90. The van der Waals surface area contributed by atoms with Gasteiger partial charge in [0.15, 0.2) is 17.3 Å². The maximum absolute atomic E-state index is 6.00. The Morgan fingerprint density at radius 1 is 0.950 bits per heavy atom. The molecule has 0 saturated heterocycles. The number of hydrogen-bond acceptors (Lipinski definition) is 4. The van der Waals surface area contributed by atoms with Crippen LogP contribution in [-0.4, -0.2) is 24.2 Å². The van der Waals surface area contributed by atoms with Crippen molar-refractivity contribution in [2.45, 2.75) is 0 Å². The van der Waals surface area contributed by atoms with Crippen molar-refractivity contribution in [1.82, 2.24) is 9.97 Å². The zero-order valence-corrected chi connectivity index (χ0v) is 15.1. The van der Waals surface area contributed by atoms with E-state index < -0.39 is 0 Å². The molecule has 2 aromatic rings. The molecule has 0 fully saturated rings. The van der Waals surface area contributed by atoms with Gasteiger partial charge in [-0.3, -0.25) is 0 Å². The minimum absolute atomic E-state index is 0.238. The van der Waals surface area contributed by atoms with Gasteiger partial charge in [-0.05, 0) is 44.0 Å². The SMILES string of the molecule is COc1cc(Br)c(-c2nc(Cl)c(Br)c(Cl)n2)cc1OC. The van der Waals surface area contributed by atoms with Crippen molar-refractivity contribution in [3.8, 4) is 22.9 Å². The van der Waals surface area contributed by atoms with E-state index in [9.17, 15) is 0 Å². The van der Waals surface area contributed by atoms with Crippen LogP contribution in [0, 0.1) is 0 Å². The molecule has 0 N–H and O–H groups in total. The molecule has 0 spiro atoms. The number of aromatic nitrogens is 2. The average Bonchev–Trinajstić information content (AvgIpc) is 2.43.